The highest BCUT2D eigenvalue weighted by Gasteiger charge is 2.08. The average Bonchev–Trinajstić information content (AvgIpc) is 2.72. The van der Waals surface area contributed by atoms with Crippen molar-refractivity contribution in [3.63, 3.8) is 0 Å². The van der Waals surface area contributed by atoms with E-state index in [1.807, 2.05) is 62.4 Å². The first kappa shape index (κ1) is 21.4. The third-order valence-electron chi connectivity index (χ3n) is 4.54. The van der Waals surface area contributed by atoms with Gasteiger partial charge in [0.2, 0.25) is 5.91 Å². The van der Waals surface area contributed by atoms with E-state index in [1.165, 1.54) is 6.07 Å². The molecule has 0 heterocycles. The zero-order chi connectivity index (χ0) is 21.3. The van der Waals surface area contributed by atoms with Crippen molar-refractivity contribution in [2.45, 2.75) is 33.4 Å². The van der Waals surface area contributed by atoms with E-state index in [2.05, 4.69) is 10.6 Å². The lowest BCUT2D eigenvalue weighted by atomic mass is 10.1. The van der Waals surface area contributed by atoms with Crippen molar-refractivity contribution in [2.24, 2.45) is 5.92 Å². The maximum absolute atomic E-state index is 13.8. The standard InChI is InChI=1S/C25H27FN2O2/c1-18(2)14-25(29)28-22-11-7-10-21(15-22)27-16-19-8-4-6-13-24(19)30-17-20-9-3-5-12-23(20)26/h3-13,15,18,27H,14,16-17H2,1-2H3,(H,28,29). The highest BCUT2D eigenvalue weighted by Crippen LogP contribution is 2.22. The molecule has 2 N–H and O–H groups in total. The Bertz CT molecular complexity index is 988. The van der Waals surface area contributed by atoms with Crippen LogP contribution >= 0.6 is 0 Å². The van der Waals surface area contributed by atoms with Crippen molar-refractivity contribution in [2.75, 3.05) is 10.6 Å². The lowest BCUT2D eigenvalue weighted by molar-refractivity contribution is -0.116. The normalized spacial score (nSPS) is 10.7. The van der Waals surface area contributed by atoms with Crippen LogP contribution in [0.15, 0.2) is 72.8 Å². The van der Waals surface area contributed by atoms with Gasteiger partial charge in [-0.15, -0.1) is 0 Å². The Morgan fingerprint density at radius 3 is 2.40 bits per heavy atom. The van der Waals surface area contributed by atoms with E-state index in [-0.39, 0.29) is 18.3 Å². The Labute approximate surface area is 177 Å². The molecular weight excluding hydrogens is 379 g/mol. The molecule has 0 saturated carbocycles. The molecule has 0 bridgehead atoms. The Hall–Kier alpha value is -3.34. The van der Waals surface area contributed by atoms with Crippen LogP contribution in [0.4, 0.5) is 15.8 Å². The molecule has 0 aromatic heterocycles. The molecule has 4 nitrogen and oxygen atoms in total. The number of carbonyl (C=O) groups is 1. The number of para-hydroxylation sites is 1. The van der Waals surface area contributed by atoms with Crippen molar-refractivity contribution >= 4 is 17.3 Å². The second kappa shape index (κ2) is 10.4. The summed E-state index contributed by atoms with van der Waals surface area (Å²) in [5.74, 6) is 0.750. The van der Waals surface area contributed by atoms with Crippen LogP contribution in [0.5, 0.6) is 5.75 Å². The second-order valence-corrected chi connectivity index (χ2v) is 7.57. The third-order valence-corrected chi connectivity index (χ3v) is 4.54. The quantitative estimate of drug-likeness (QED) is 0.458. The van der Waals surface area contributed by atoms with Crippen LogP contribution in [-0.4, -0.2) is 5.91 Å². The molecule has 0 spiro atoms. The number of ether oxygens (including phenoxy) is 1. The molecule has 0 aliphatic heterocycles. The predicted octanol–water partition coefficient (Wildman–Crippen LogP) is 6.00. The fraction of sp³-hybridized carbons (Fsp3) is 0.240. The van der Waals surface area contributed by atoms with E-state index in [4.69, 9.17) is 4.74 Å². The highest BCUT2D eigenvalue weighted by molar-refractivity contribution is 5.91. The molecule has 1 amide bonds. The smallest absolute Gasteiger partial charge is 0.224 e. The number of rotatable bonds is 9. The summed E-state index contributed by atoms with van der Waals surface area (Å²) in [6.07, 6.45) is 0.490. The number of amides is 1. The van der Waals surface area contributed by atoms with Crippen LogP contribution in [-0.2, 0) is 17.9 Å². The van der Waals surface area contributed by atoms with Gasteiger partial charge in [0, 0.05) is 35.5 Å². The summed E-state index contributed by atoms with van der Waals surface area (Å²) in [4.78, 5) is 12.0. The number of benzene rings is 3. The van der Waals surface area contributed by atoms with Crippen molar-refractivity contribution in [1.82, 2.24) is 0 Å². The molecule has 0 saturated heterocycles. The molecule has 0 fully saturated rings. The van der Waals surface area contributed by atoms with Crippen molar-refractivity contribution < 1.29 is 13.9 Å². The van der Waals surface area contributed by atoms with Gasteiger partial charge in [0.25, 0.3) is 0 Å². The van der Waals surface area contributed by atoms with E-state index in [0.29, 0.717) is 30.2 Å². The lowest BCUT2D eigenvalue weighted by Crippen LogP contribution is -2.14. The van der Waals surface area contributed by atoms with Gasteiger partial charge in [0.05, 0.1) is 0 Å². The van der Waals surface area contributed by atoms with Crippen molar-refractivity contribution in [3.8, 4) is 5.75 Å². The minimum absolute atomic E-state index is 0.00837. The summed E-state index contributed by atoms with van der Waals surface area (Å²) >= 11 is 0. The number of nitrogens with one attached hydrogen (secondary N) is 2. The van der Waals surface area contributed by atoms with Gasteiger partial charge in [0.1, 0.15) is 18.2 Å². The maximum Gasteiger partial charge on any atom is 0.224 e. The van der Waals surface area contributed by atoms with Crippen LogP contribution in [0.1, 0.15) is 31.4 Å². The van der Waals surface area contributed by atoms with Crippen LogP contribution in [0.2, 0.25) is 0 Å². The second-order valence-electron chi connectivity index (χ2n) is 7.57. The van der Waals surface area contributed by atoms with E-state index in [1.54, 1.807) is 18.2 Å². The molecule has 0 radical (unpaired) electrons. The Morgan fingerprint density at radius 1 is 0.933 bits per heavy atom. The zero-order valence-electron chi connectivity index (χ0n) is 17.3. The Kier molecular flexibility index (Phi) is 7.44. The molecule has 0 atom stereocenters. The van der Waals surface area contributed by atoms with Gasteiger partial charge in [-0.3, -0.25) is 4.79 Å². The first-order valence-electron chi connectivity index (χ1n) is 10.1. The molecule has 3 rings (SSSR count). The topological polar surface area (TPSA) is 50.4 Å². The molecule has 30 heavy (non-hydrogen) atoms. The van der Waals surface area contributed by atoms with E-state index in [9.17, 15) is 9.18 Å². The van der Waals surface area contributed by atoms with Gasteiger partial charge in [-0.2, -0.15) is 0 Å². The van der Waals surface area contributed by atoms with Crippen LogP contribution in [0.25, 0.3) is 0 Å². The van der Waals surface area contributed by atoms with Gasteiger partial charge in [-0.05, 0) is 36.2 Å². The van der Waals surface area contributed by atoms with E-state index < -0.39 is 0 Å². The highest BCUT2D eigenvalue weighted by atomic mass is 19.1. The van der Waals surface area contributed by atoms with Crippen LogP contribution in [0.3, 0.4) is 0 Å². The molecular formula is C25H27FN2O2. The number of carbonyl (C=O) groups excluding carboxylic acids is 1. The number of hydrogen-bond donors (Lipinski definition) is 2. The Balaban J connectivity index is 1.62. The molecule has 0 aliphatic rings. The van der Waals surface area contributed by atoms with Crippen molar-refractivity contribution in [3.05, 3.63) is 89.7 Å². The minimum Gasteiger partial charge on any atom is -0.488 e. The molecule has 0 unspecified atom stereocenters. The lowest BCUT2D eigenvalue weighted by Gasteiger charge is -2.14. The van der Waals surface area contributed by atoms with E-state index in [0.717, 1.165) is 16.9 Å². The summed E-state index contributed by atoms with van der Waals surface area (Å²) in [5.41, 5.74) is 3.13. The average molecular weight is 407 g/mol. The summed E-state index contributed by atoms with van der Waals surface area (Å²) in [7, 11) is 0. The number of halogens is 1. The third kappa shape index (κ3) is 6.34. The van der Waals surface area contributed by atoms with Crippen LogP contribution in [0, 0.1) is 11.7 Å². The Morgan fingerprint density at radius 2 is 1.63 bits per heavy atom. The summed E-state index contributed by atoms with van der Waals surface area (Å²) in [6.45, 7) is 4.74. The molecule has 5 heteroatoms. The van der Waals surface area contributed by atoms with Gasteiger partial charge in [-0.25, -0.2) is 4.39 Å². The van der Waals surface area contributed by atoms with Gasteiger partial charge < -0.3 is 15.4 Å². The molecule has 156 valence electrons. The fourth-order valence-electron chi connectivity index (χ4n) is 3.05. The molecule has 0 aliphatic carbocycles. The molecule has 3 aromatic carbocycles. The van der Waals surface area contributed by atoms with Crippen LogP contribution < -0.4 is 15.4 Å². The van der Waals surface area contributed by atoms with Crippen molar-refractivity contribution in [1.29, 1.82) is 0 Å². The van der Waals surface area contributed by atoms with Gasteiger partial charge >= 0.3 is 0 Å². The largest absolute Gasteiger partial charge is 0.488 e. The summed E-state index contributed by atoms with van der Waals surface area (Å²) in [5, 5.41) is 6.29. The number of hydrogen-bond acceptors (Lipinski definition) is 3. The first-order chi connectivity index (χ1) is 14.5. The first-order valence-corrected chi connectivity index (χ1v) is 10.1. The predicted molar refractivity (Wildman–Crippen MR) is 119 cm³/mol. The summed E-state index contributed by atoms with van der Waals surface area (Å²) < 4.78 is 19.7. The molecule has 3 aromatic rings. The van der Waals surface area contributed by atoms with E-state index >= 15 is 0 Å². The zero-order valence-corrected chi connectivity index (χ0v) is 17.3. The maximum atomic E-state index is 13.8. The monoisotopic (exact) mass is 406 g/mol. The number of anilines is 2. The summed E-state index contributed by atoms with van der Waals surface area (Å²) in [6, 6.07) is 21.9. The SMILES string of the molecule is CC(C)CC(=O)Nc1cccc(NCc2ccccc2OCc2ccccc2F)c1. The van der Waals surface area contributed by atoms with Gasteiger partial charge in [0.15, 0.2) is 0 Å². The minimum atomic E-state index is -0.274. The van der Waals surface area contributed by atoms with Gasteiger partial charge in [-0.1, -0.05) is 56.3 Å². The fourth-order valence-corrected chi connectivity index (χ4v) is 3.05.